The third kappa shape index (κ3) is 3.59. The van der Waals surface area contributed by atoms with E-state index < -0.39 is 15.6 Å². The SMILES string of the molecule is Cc1cc(S(=O)(=O)NC(C)(C)C)cc(N)c1Cl. The highest BCUT2D eigenvalue weighted by molar-refractivity contribution is 7.89. The minimum Gasteiger partial charge on any atom is -0.397 e. The van der Waals surface area contributed by atoms with Gasteiger partial charge < -0.3 is 5.73 Å². The molecule has 0 amide bonds. The number of hydrogen-bond donors (Lipinski definition) is 2. The van der Waals surface area contributed by atoms with Crippen LogP contribution in [0.25, 0.3) is 0 Å². The standard InChI is InChI=1S/C11H17ClN2O2S/c1-7-5-8(6-9(13)10(7)12)17(15,16)14-11(2,3)4/h5-6,14H,13H2,1-4H3. The average molecular weight is 277 g/mol. The maximum atomic E-state index is 12.1. The van der Waals surface area contributed by atoms with E-state index in [2.05, 4.69) is 4.72 Å². The molecule has 0 fully saturated rings. The molecule has 6 heteroatoms. The van der Waals surface area contributed by atoms with Crippen LogP contribution in [0.4, 0.5) is 5.69 Å². The summed E-state index contributed by atoms with van der Waals surface area (Å²) in [7, 11) is -3.57. The van der Waals surface area contributed by atoms with Crippen LogP contribution in [-0.2, 0) is 10.0 Å². The summed E-state index contributed by atoms with van der Waals surface area (Å²) in [5.41, 5.74) is 6.02. The van der Waals surface area contributed by atoms with Crippen molar-refractivity contribution in [3.8, 4) is 0 Å². The summed E-state index contributed by atoms with van der Waals surface area (Å²) in [5.74, 6) is 0. The quantitative estimate of drug-likeness (QED) is 0.814. The molecular weight excluding hydrogens is 260 g/mol. The summed E-state index contributed by atoms with van der Waals surface area (Å²) in [6.45, 7) is 7.04. The van der Waals surface area contributed by atoms with Crippen molar-refractivity contribution in [1.29, 1.82) is 0 Å². The zero-order chi connectivity index (χ0) is 13.4. The summed E-state index contributed by atoms with van der Waals surface area (Å²) in [4.78, 5) is 0.131. The highest BCUT2D eigenvalue weighted by atomic mass is 35.5. The Kier molecular flexibility index (Phi) is 3.76. The third-order valence-electron chi connectivity index (χ3n) is 2.01. The topological polar surface area (TPSA) is 72.2 Å². The van der Waals surface area contributed by atoms with E-state index in [9.17, 15) is 8.42 Å². The molecule has 3 N–H and O–H groups in total. The first kappa shape index (κ1) is 14.3. The zero-order valence-electron chi connectivity index (χ0n) is 10.3. The Morgan fingerprint density at radius 2 is 1.82 bits per heavy atom. The van der Waals surface area contributed by atoms with E-state index >= 15 is 0 Å². The van der Waals surface area contributed by atoms with Crippen molar-refractivity contribution in [3.05, 3.63) is 22.7 Å². The predicted octanol–water partition coefficient (Wildman–Crippen LogP) is 2.31. The first-order valence-corrected chi connectivity index (χ1v) is 6.99. The lowest BCUT2D eigenvalue weighted by atomic mass is 10.1. The van der Waals surface area contributed by atoms with Crippen molar-refractivity contribution >= 4 is 27.3 Å². The van der Waals surface area contributed by atoms with E-state index in [1.165, 1.54) is 12.1 Å². The molecule has 1 aromatic carbocycles. The molecule has 17 heavy (non-hydrogen) atoms. The molecule has 0 bridgehead atoms. The van der Waals surface area contributed by atoms with E-state index in [1.54, 1.807) is 27.7 Å². The number of sulfonamides is 1. The van der Waals surface area contributed by atoms with Crippen LogP contribution in [0.15, 0.2) is 17.0 Å². The van der Waals surface area contributed by atoms with Crippen molar-refractivity contribution in [2.45, 2.75) is 38.1 Å². The molecule has 0 saturated carbocycles. The van der Waals surface area contributed by atoms with Crippen molar-refractivity contribution in [1.82, 2.24) is 4.72 Å². The van der Waals surface area contributed by atoms with Crippen molar-refractivity contribution < 1.29 is 8.42 Å². The summed E-state index contributed by atoms with van der Waals surface area (Å²) >= 11 is 5.89. The second kappa shape index (κ2) is 4.48. The van der Waals surface area contributed by atoms with E-state index in [1.807, 2.05) is 0 Å². The molecule has 1 aromatic rings. The fourth-order valence-corrected chi connectivity index (χ4v) is 3.03. The van der Waals surface area contributed by atoms with Crippen molar-refractivity contribution in [2.24, 2.45) is 0 Å². The van der Waals surface area contributed by atoms with Gasteiger partial charge in [0.2, 0.25) is 10.0 Å². The summed E-state index contributed by atoms with van der Waals surface area (Å²) in [6.07, 6.45) is 0. The summed E-state index contributed by atoms with van der Waals surface area (Å²) in [5, 5.41) is 0.389. The van der Waals surface area contributed by atoms with Crippen LogP contribution >= 0.6 is 11.6 Å². The molecule has 0 heterocycles. The normalized spacial score (nSPS) is 12.8. The number of hydrogen-bond acceptors (Lipinski definition) is 3. The molecule has 0 aliphatic heterocycles. The van der Waals surface area contributed by atoms with Gasteiger partial charge in [-0.1, -0.05) is 11.6 Å². The lowest BCUT2D eigenvalue weighted by Gasteiger charge is -2.20. The number of aryl methyl sites for hydroxylation is 1. The van der Waals surface area contributed by atoms with Gasteiger partial charge in [-0.3, -0.25) is 0 Å². The van der Waals surface area contributed by atoms with Crippen LogP contribution in [-0.4, -0.2) is 14.0 Å². The maximum absolute atomic E-state index is 12.1. The minimum absolute atomic E-state index is 0.131. The fourth-order valence-electron chi connectivity index (χ4n) is 1.38. The highest BCUT2D eigenvalue weighted by Gasteiger charge is 2.23. The Balaban J connectivity index is 3.26. The van der Waals surface area contributed by atoms with Gasteiger partial charge >= 0.3 is 0 Å². The van der Waals surface area contributed by atoms with Gasteiger partial charge in [-0.15, -0.1) is 0 Å². The molecule has 0 spiro atoms. The molecule has 4 nitrogen and oxygen atoms in total. The molecule has 0 saturated heterocycles. The monoisotopic (exact) mass is 276 g/mol. The second-order valence-corrected chi connectivity index (χ2v) is 7.06. The number of nitrogens with one attached hydrogen (secondary N) is 1. The van der Waals surface area contributed by atoms with Crippen molar-refractivity contribution in [2.75, 3.05) is 5.73 Å². The Bertz CT molecular complexity index is 510. The fraction of sp³-hybridized carbons (Fsp3) is 0.455. The van der Waals surface area contributed by atoms with E-state index in [4.69, 9.17) is 17.3 Å². The summed E-state index contributed by atoms with van der Waals surface area (Å²) < 4.78 is 26.7. The van der Waals surface area contributed by atoms with Gasteiger partial charge in [0.1, 0.15) is 0 Å². The van der Waals surface area contributed by atoms with Gasteiger partial charge in [-0.05, 0) is 45.4 Å². The maximum Gasteiger partial charge on any atom is 0.241 e. The van der Waals surface area contributed by atoms with E-state index in [0.717, 1.165) is 0 Å². The van der Waals surface area contributed by atoms with Crippen LogP contribution in [0.2, 0.25) is 5.02 Å². The van der Waals surface area contributed by atoms with Crippen LogP contribution in [0.3, 0.4) is 0 Å². The van der Waals surface area contributed by atoms with Gasteiger partial charge in [0, 0.05) is 5.54 Å². The Hall–Kier alpha value is -0.780. The van der Waals surface area contributed by atoms with Gasteiger partial charge in [0.05, 0.1) is 15.6 Å². The second-order valence-electron chi connectivity index (χ2n) is 5.00. The first-order chi connectivity index (χ1) is 7.53. The number of halogens is 1. The van der Waals surface area contributed by atoms with Crippen LogP contribution in [0.1, 0.15) is 26.3 Å². The number of nitrogen functional groups attached to an aromatic ring is 1. The van der Waals surface area contributed by atoms with Gasteiger partial charge in [0.15, 0.2) is 0 Å². The largest absolute Gasteiger partial charge is 0.397 e. The van der Waals surface area contributed by atoms with Crippen molar-refractivity contribution in [3.63, 3.8) is 0 Å². The van der Waals surface area contributed by atoms with E-state index in [-0.39, 0.29) is 10.6 Å². The smallest absolute Gasteiger partial charge is 0.241 e. The lowest BCUT2D eigenvalue weighted by Crippen LogP contribution is -2.40. The molecule has 0 atom stereocenters. The van der Waals surface area contributed by atoms with Gasteiger partial charge in [-0.25, -0.2) is 13.1 Å². The molecule has 0 aliphatic carbocycles. The van der Waals surface area contributed by atoms with Crippen LogP contribution < -0.4 is 10.5 Å². The molecule has 0 aromatic heterocycles. The number of anilines is 1. The number of rotatable bonds is 2. The molecule has 0 unspecified atom stereocenters. The highest BCUT2D eigenvalue weighted by Crippen LogP contribution is 2.27. The van der Waals surface area contributed by atoms with Crippen LogP contribution in [0.5, 0.6) is 0 Å². The first-order valence-electron chi connectivity index (χ1n) is 5.12. The third-order valence-corrected chi connectivity index (χ3v) is 4.26. The lowest BCUT2D eigenvalue weighted by molar-refractivity contribution is 0.491. The van der Waals surface area contributed by atoms with Gasteiger partial charge in [-0.2, -0.15) is 0 Å². The average Bonchev–Trinajstić information content (AvgIpc) is 2.09. The molecule has 1 rings (SSSR count). The molecule has 0 aliphatic rings. The van der Waals surface area contributed by atoms with Crippen LogP contribution in [0, 0.1) is 6.92 Å². The molecule has 0 radical (unpaired) electrons. The molecule has 96 valence electrons. The minimum atomic E-state index is -3.57. The molecular formula is C11H17ClN2O2S. The number of benzene rings is 1. The Labute approximate surface area is 107 Å². The van der Waals surface area contributed by atoms with Gasteiger partial charge in [0.25, 0.3) is 0 Å². The Morgan fingerprint density at radius 3 is 2.24 bits per heavy atom. The number of nitrogens with two attached hydrogens (primary N) is 1. The zero-order valence-corrected chi connectivity index (χ0v) is 11.9. The summed E-state index contributed by atoms with van der Waals surface area (Å²) in [6, 6.07) is 2.87. The predicted molar refractivity (Wildman–Crippen MR) is 70.7 cm³/mol. The van der Waals surface area contributed by atoms with E-state index in [0.29, 0.717) is 10.6 Å². The Morgan fingerprint density at radius 1 is 1.29 bits per heavy atom.